The summed E-state index contributed by atoms with van der Waals surface area (Å²) >= 11 is 21.2. The van der Waals surface area contributed by atoms with Crippen LogP contribution in [0.2, 0.25) is 10.0 Å². The molecule has 3 rings (SSSR count). The van der Waals surface area contributed by atoms with Gasteiger partial charge < -0.3 is 14.8 Å². The Morgan fingerprint density at radius 3 is 2.29 bits per heavy atom. The van der Waals surface area contributed by atoms with Crippen LogP contribution in [0.5, 0.6) is 11.5 Å². The summed E-state index contributed by atoms with van der Waals surface area (Å²) in [4.78, 5) is 0. The van der Waals surface area contributed by atoms with Crippen molar-refractivity contribution in [2.45, 2.75) is 0 Å². The minimum atomic E-state index is 0.296. The number of anilines is 1. The number of rotatable bonds is 8. The monoisotopic (exact) mass is 537 g/mol. The number of nitrogens with zero attached hydrogens (tertiary/aromatic N) is 1. The van der Waals surface area contributed by atoms with Crippen LogP contribution in [0.15, 0.2) is 76.3 Å². The molecule has 31 heavy (non-hydrogen) atoms. The molecule has 0 spiro atoms. The fraction of sp³-hybridized carbons (Fsp3) is 0.0909. The molecule has 0 aromatic heterocycles. The van der Waals surface area contributed by atoms with Crippen LogP contribution >= 0.6 is 51.3 Å². The van der Waals surface area contributed by atoms with Gasteiger partial charge in [-0.2, -0.15) is 5.10 Å². The van der Waals surface area contributed by atoms with Crippen molar-refractivity contribution < 1.29 is 9.47 Å². The summed E-state index contributed by atoms with van der Waals surface area (Å²) in [6.45, 7) is 0.650. The molecule has 0 unspecified atom stereocenters. The van der Waals surface area contributed by atoms with Crippen molar-refractivity contribution in [1.29, 1.82) is 0 Å². The molecule has 0 heterocycles. The lowest BCUT2D eigenvalue weighted by Crippen LogP contribution is -2.23. The van der Waals surface area contributed by atoms with Crippen LogP contribution in [-0.4, -0.2) is 24.5 Å². The molecule has 0 saturated heterocycles. The SMILES string of the molecule is S=C(N/N=C\c1cc(Cl)c(OCCOc2ccc(Br)cc2)c(Cl)c1)Nc1ccccc1. The molecule has 0 aliphatic carbocycles. The third kappa shape index (κ3) is 7.70. The molecule has 0 saturated carbocycles. The van der Waals surface area contributed by atoms with Crippen LogP contribution in [0.4, 0.5) is 5.69 Å². The van der Waals surface area contributed by atoms with Gasteiger partial charge in [-0.1, -0.05) is 57.3 Å². The van der Waals surface area contributed by atoms with E-state index in [0.717, 1.165) is 15.9 Å². The third-order valence-electron chi connectivity index (χ3n) is 3.84. The molecule has 160 valence electrons. The van der Waals surface area contributed by atoms with Gasteiger partial charge in [0, 0.05) is 10.2 Å². The minimum Gasteiger partial charge on any atom is -0.490 e. The fourth-order valence-corrected chi connectivity index (χ4v) is 3.52. The van der Waals surface area contributed by atoms with Gasteiger partial charge in [0.2, 0.25) is 0 Å². The van der Waals surface area contributed by atoms with Crippen LogP contribution in [0.25, 0.3) is 0 Å². The van der Waals surface area contributed by atoms with E-state index in [2.05, 4.69) is 31.8 Å². The summed E-state index contributed by atoms with van der Waals surface area (Å²) < 4.78 is 12.3. The van der Waals surface area contributed by atoms with Gasteiger partial charge in [0.05, 0.1) is 16.3 Å². The van der Waals surface area contributed by atoms with Crippen LogP contribution in [0.3, 0.4) is 0 Å². The summed E-state index contributed by atoms with van der Waals surface area (Å²) in [5.74, 6) is 1.15. The number of hydrogen-bond acceptors (Lipinski definition) is 4. The molecule has 0 bridgehead atoms. The largest absolute Gasteiger partial charge is 0.490 e. The van der Waals surface area contributed by atoms with Crippen molar-refractivity contribution in [2.75, 3.05) is 18.5 Å². The van der Waals surface area contributed by atoms with Gasteiger partial charge in [-0.05, 0) is 66.3 Å². The molecule has 3 aromatic carbocycles. The van der Waals surface area contributed by atoms with Crippen molar-refractivity contribution in [3.05, 3.63) is 86.8 Å². The van der Waals surface area contributed by atoms with Crippen LogP contribution in [0, 0.1) is 0 Å². The third-order valence-corrected chi connectivity index (χ3v) is 5.13. The van der Waals surface area contributed by atoms with E-state index in [1.807, 2.05) is 54.6 Å². The first-order chi connectivity index (χ1) is 15.0. The molecule has 0 atom stereocenters. The van der Waals surface area contributed by atoms with E-state index < -0.39 is 0 Å². The van der Waals surface area contributed by atoms with Crippen molar-refractivity contribution in [3.8, 4) is 11.5 Å². The summed E-state index contributed by atoms with van der Waals surface area (Å²) in [5, 5.41) is 8.25. The number of ether oxygens (including phenoxy) is 2. The van der Waals surface area contributed by atoms with Gasteiger partial charge in [0.1, 0.15) is 19.0 Å². The van der Waals surface area contributed by atoms with E-state index in [-0.39, 0.29) is 0 Å². The zero-order valence-corrected chi connectivity index (χ0v) is 20.1. The van der Waals surface area contributed by atoms with E-state index in [1.54, 1.807) is 18.3 Å². The maximum absolute atomic E-state index is 6.32. The van der Waals surface area contributed by atoms with Gasteiger partial charge in [0.15, 0.2) is 10.9 Å². The topological polar surface area (TPSA) is 54.9 Å². The summed E-state index contributed by atoms with van der Waals surface area (Å²) in [6, 6.07) is 20.5. The van der Waals surface area contributed by atoms with Gasteiger partial charge >= 0.3 is 0 Å². The summed E-state index contributed by atoms with van der Waals surface area (Å²) in [6.07, 6.45) is 1.57. The Bertz CT molecular complexity index is 1030. The molecule has 5 nitrogen and oxygen atoms in total. The number of halogens is 3. The standard InChI is InChI=1S/C22H18BrCl2N3O2S/c23-16-6-8-18(9-7-16)29-10-11-30-21-19(24)12-15(13-20(21)25)14-26-28-22(31)27-17-4-2-1-3-5-17/h1-9,12-14H,10-11H2,(H2,27,28,31)/b26-14-. The van der Waals surface area contributed by atoms with Crippen LogP contribution in [0.1, 0.15) is 5.56 Å². The van der Waals surface area contributed by atoms with E-state index >= 15 is 0 Å². The Morgan fingerprint density at radius 1 is 0.968 bits per heavy atom. The highest BCUT2D eigenvalue weighted by atomic mass is 79.9. The highest BCUT2D eigenvalue weighted by Gasteiger charge is 2.09. The average molecular weight is 539 g/mol. The van der Waals surface area contributed by atoms with E-state index in [0.29, 0.717) is 39.7 Å². The maximum Gasteiger partial charge on any atom is 0.191 e. The van der Waals surface area contributed by atoms with E-state index in [1.165, 1.54) is 0 Å². The molecule has 0 aliphatic rings. The normalized spacial score (nSPS) is 10.7. The highest BCUT2D eigenvalue weighted by Crippen LogP contribution is 2.33. The lowest BCUT2D eigenvalue weighted by molar-refractivity contribution is 0.217. The molecule has 0 fully saturated rings. The van der Waals surface area contributed by atoms with Gasteiger partial charge in [-0.3, -0.25) is 5.43 Å². The van der Waals surface area contributed by atoms with Crippen molar-refractivity contribution in [2.24, 2.45) is 5.10 Å². The average Bonchev–Trinajstić information content (AvgIpc) is 2.74. The first-order valence-corrected chi connectivity index (χ1v) is 11.1. The number of nitrogens with one attached hydrogen (secondary N) is 2. The molecule has 9 heteroatoms. The lowest BCUT2D eigenvalue weighted by Gasteiger charge is -2.12. The number of thiocarbonyl (C=S) groups is 1. The molecule has 0 aliphatic heterocycles. The van der Waals surface area contributed by atoms with Crippen molar-refractivity contribution in [1.82, 2.24) is 5.43 Å². The van der Waals surface area contributed by atoms with Crippen LogP contribution in [-0.2, 0) is 0 Å². The maximum atomic E-state index is 6.32. The van der Waals surface area contributed by atoms with E-state index in [9.17, 15) is 0 Å². The number of para-hydroxylation sites is 1. The highest BCUT2D eigenvalue weighted by molar-refractivity contribution is 9.10. The Kier molecular flexibility index (Phi) is 8.97. The van der Waals surface area contributed by atoms with Gasteiger partial charge in [-0.15, -0.1) is 0 Å². The first-order valence-electron chi connectivity index (χ1n) is 9.16. The predicted molar refractivity (Wildman–Crippen MR) is 135 cm³/mol. The fourth-order valence-electron chi connectivity index (χ4n) is 2.47. The minimum absolute atomic E-state index is 0.296. The smallest absolute Gasteiger partial charge is 0.191 e. The number of hydrazone groups is 1. The zero-order chi connectivity index (χ0) is 22.1. The molecular formula is C22H18BrCl2N3O2S. The van der Waals surface area contributed by atoms with Crippen molar-refractivity contribution >= 4 is 68.4 Å². The van der Waals surface area contributed by atoms with E-state index in [4.69, 9.17) is 44.9 Å². The quantitative estimate of drug-likeness (QED) is 0.148. The molecule has 3 aromatic rings. The Balaban J connectivity index is 1.49. The molecule has 0 radical (unpaired) electrons. The first kappa shape index (κ1) is 23.3. The zero-order valence-electron chi connectivity index (χ0n) is 16.1. The Hall–Kier alpha value is -2.32. The number of benzene rings is 3. The summed E-state index contributed by atoms with van der Waals surface area (Å²) in [7, 11) is 0. The Labute approximate surface area is 204 Å². The molecule has 2 N–H and O–H groups in total. The van der Waals surface area contributed by atoms with Crippen LogP contribution < -0.4 is 20.2 Å². The summed E-state index contributed by atoms with van der Waals surface area (Å²) in [5.41, 5.74) is 4.31. The second-order valence-corrected chi connectivity index (χ2v) is 8.29. The van der Waals surface area contributed by atoms with Gasteiger partial charge in [-0.25, -0.2) is 0 Å². The molecular weight excluding hydrogens is 521 g/mol. The predicted octanol–water partition coefficient (Wildman–Crippen LogP) is 6.53. The second kappa shape index (κ2) is 11.9. The number of hydrogen-bond donors (Lipinski definition) is 2. The second-order valence-electron chi connectivity index (χ2n) is 6.15. The molecule has 0 amide bonds. The van der Waals surface area contributed by atoms with Gasteiger partial charge in [0.25, 0.3) is 0 Å². The Morgan fingerprint density at radius 2 is 1.61 bits per heavy atom. The lowest BCUT2D eigenvalue weighted by atomic mass is 10.2. The van der Waals surface area contributed by atoms with Crippen molar-refractivity contribution in [3.63, 3.8) is 0 Å².